The Morgan fingerprint density at radius 1 is 1.04 bits per heavy atom. The van der Waals surface area contributed by atoms with Gasteiger partial charge in [0, 0.05) is 18.1 Å². The standard InChI is InChI=1S/C19H23Cl2NO4.ClH/c1-24-18-11-15(12-22-6-8-25-9-7-23)10-17(21)19(18)26-13-14-2-4-16(20)5-3-14;/h2-5,10-11,22-23H,6-9,12-13H2,1H3;1H. The molecular weight excluding hydrogens is 413 g/mol. The van der Waals surface area contributed by atoms with Gasteiger partial charge in [-0.2, -0.15) is 0 Å². The lowest BCUT2D eigenvalue weighted by molar-refractivity contribution is 0.0938. The maximum Gasteiger partial charge on any atom is 0.180 e. The van der Waals surface area contributed by atoms with E-state index in [-0.39, 0.29) is 19.0 Å². The maximum atomic E-state index is 8.65. The molecule has 2 aromatic rings. The fourth-order valence-electron chi connectivity index (χ4n) is 2.30. The summed E-state index contributed by atoms with van der Waals surface area (Å²) in [5, 5.41) is 13.1. The minimum Gasteiger partial charge on any atom is -0.493 e. The third-order valence-corrected chi connectivity index (χ3v) is 4.11. The molecule has 150 valence electrons. The highest BCUT2D eigenvalue weighted by Gasteiger charge is 2.12. The second-order valence-corrected chi connectivity index (χ2v) is 6.38. The van der Waals surface area contributed by atoms with E-state index in [1.54, 1.807) is 7.11 Å². The Bertz CT molecular complexity index is 683. The molecule has 2 N–H and O–H groups in total. The monoisotopic (exact) mass is 435 g/mol. The molecule has 0 fully saturated rings. The van der Waals surface area contributed by atoms with Gasteiger partial charge in [-0.15, -0.1) is 12.4 Å². The SMILES string of the molecule is COc1cc(CNCCOCCO)cc(Cl)c1OCc1ccc(Cl)cc1.Cl. The molecule has 27 heavy (non-hydrogen) atoms. The number of aliphatic hydroxyl groups excluding tert-OH is 1. The summed E-state index contributed by atoms with van der Waals surface area (Å²) in [7, 11) is 1.58. The minimum absolute atomic E-state index is 0. The van der Waals surface area contributed by atoms with Gasteiger partial charge in [0.15, 0.2) is 11.5 Å². The van der Waals surface area contributed by atoms with E-state index >= 15 is 0 Å². The number of hydrogen-bond donors (Lipinski definition) is 2. The molecule has 0 radical (unpaired) electrons. The van der Waals surface area contributed by atoms with Crippen LogP contribution >= 0.6 is 35.6 Å². The van der Waals surface area contributed by atoms with Gasteiger partial charge in [-0.3, -0.25) is 0 Å². The summed E-state index contributed by atoms with van der Waals surface area (Å²) in [6, 6.07) is 11.2. The first-order valence-corrected chi connectivity index (χ1v) is 9.02. The zero-order chi connectivity index (χ0) is 18.8. The lowest BCUT2D eigenvalue weighted by Gasteiger charge is -2.15. The summed E-state index contributed by atoms with van der Waals surface area (Å²) in [6.45, 7) is 2.58. The zero-order valence-electron chi connectivity index (χ0n) is 15.0. The molecule has 0 heterocycles. The summed E-state index contributed by atoms with van der Waals surface area (Å²) in [4.78, 5) is 0. The van der Waals surface area contributed by atoms with Gasteiger partial charge in [-0.05, 0) is 35.4 Å². The van der Waals surface area contributed by atoms with E-state index in [0.29, 0.717) is 54.5 Å². The van der Waals surface area contributed by atoms with Crippen molar-refractivity contribution in [1.29, 1.82) is 0 Å². The summed E-state index contributed by atoms with van der Waals surface area (Å²) < 4.78 is 16.5. The Hall–Kier alpha value is -1.21. The van der Waals surface area contributed by atoms with E-state index in [1.165, 1.54) is 0 Å². The van der Waals surface area contributed by atoms with E-state index in [4.69, 9.17) is 42.5 Å². The Morgan fingerprint density at radius 2 is 1.78 bits per heavy atom. The molecule has 2 rings (SSSR count). The van der Waals surface area contributed by atoms with Crippen LogP contribution in [0.3, 0.4) is 0 Å². The topological polar surface area (TPSA) is 60.0 Å². The van der Waals surface area contributed by atoms with Crippen LogP contribution in [0.4, 0.5) is 0 Å². The second kappa shape index (κ2) is 13.0. The summed E-state index contributed by atoms with van der Waals surface area (Å²) in [5.74, 6) is 1.10. The van der Waals surface area contributed by atoms with Crippen LogP contribution in [0.15, 0.2) is 36.4 Å². The Labute approximate surface area is 175 Å². The molecule has 0 saturated carbocycles. The van der Waals surface area contributed by atoms with Gasteiger partial charge in [0.1, 0.15) is 6.61 Å². The molecule has 0 saturated heterocycles. The first-order valence-electron chi connectivity index (χ1n) is 8.27. The van der Waals surface area contributed by atoms with Crippen molar-refractivity contribution in [3.63, 3.8) is 0 Å². The van der Waals surface area contributed by atoms with Gasteiger partial charge in [0.25, 0.3) is 0 Å². The highest BCUT2D eigenvalue weighted by atomic mass is 35.5. The van der Waals surface area contributed by atoms with Crippen molar-refractivity contribution < 1.29 is 19.3 Å². The normalized spacial score (nSPS) is 10.4. The van der Waals surface area contributed by atoms with E-state index in [1.807, 2.05) is 36.4 Å². The molecular formula is C19H24Cl3NO4. The van der Waals surface area contributed by atoms with Gasteiger partial charge < -0.3 is 24.6 Å². The van der Waals surface area contributed by atoms with Crippen LogP contribution in [0, 0.1) is 0 Å². The molecule has 0 bridgehead atoms. The molecule has 0 unspecified atom stereocenters. The highest BCUT2D eigenvalue weighted by Crippen LogP contribution is 2.37. The third-order valence-electron chi connectivity index (χ3n) is 3.57. The van der Waals surface area contributed by atoms with Gasteiger partial charge in [0.05, 0.1) is 32.0 Å². The smallest absolute Gasteiger partial charge is 0.180 e. The lowest BCUT2D eigenvalue weighted by Crippen LogP contribution is -2.20. The van der Waals surface area contributed by atoms with E-state index in [9.17, 15) is 0 Å². The van der Waals surface area contributed by atoms with E-state index in [0.717, 1.165) is 11.1 Å². The van der Waals surface area contributed by atoms with Crippen molar-refractivity contribution >= 4 is 35.6 Å². The molecule has 5 nitrogen and oxygen atoms in total. The molecule has 0 aliphatic rings. The molecule has 0 aliphatic heterocycles. The van der Waals surface area contributed by atoms with Gasteiger partial charge >= 0.3 is 0 Å². The number of halogens is 3. The fourth-order valence-corrected chi connectivity index (χ4v) is 2.71. The quantitative estimate of drug-likeness (QED) is 0.519. The van der Waals surface area contributed by atoms with Crippen LogP contribution in [0.25, 0.3) is 0 Å². The van der Waals surface area contributed by atoms with Gasteiger partial charge in [0.2, 0.25) is 0 Å². The number of rotatable bonds is 11. The Balaban J connectivity index is 0.00000364. The van der Waals surface area contributed by atoms with E-state index in [2.05, 4.69) is 5.32 Å². The predicted octanol–water partition coefficient (Wildman–Crippen LogP) is 4.10. The van der Waals surface area contributed by atoms with Crippen LogP contribution in [0.2, 0.25) is 10.0 Å². The maximum absolute atomic E-state index is 8.65. The van der Waals surface area contributed by atoms with Gasteiger partial charge in [-0.1, -0.05) is 35.3 Å². The molecule has 0 amide bonds. The first kappa shape index (κ1) is 23.8. The number of benzene rings is 2. The molecule has 0 spiro atoms. The van der Waals surface area contributed by atoms with Crippen LogP contribution < -0.4 is 14.8 Å². The second-order valence-electron chi connectivity index (χ2n) is 5.54. The first-order chi connectivity index (χ1) is 12.6. The molecule has 2 aromatic carbocycles. The number of ether oxygens (including phenoxy) is 3. The van der Waals surface area contributed by atoms with Crippen molar-refractivity contribution in [2.45, 2.75) is 13.2 Å². The third kappa shape index (κ3) is 8.13. The minimum atomic E-state index is 0. The van der Waals surface area contributed by atoms with Crippen LogP contribution in [0.1, 0.15) is 11.1 Å². The molecule has 8 heteroatoms. The van der Waals surface area contributed by atoms with Crippen molar-refractivity contribution in [2.75, 3.05) is 33.5 Å². The Kier molecular flexibility index (Phi) is 11.5. The highest BCUT2D eigenvalue weighted by molar-refractivity contribution is 6.32. The van der Waals surface area contributed by atoms with Crippen LogP contribution in [0.5, 0.6) is 11.5 Å². The van der Waals surface area contributed by atoms with Crippen molar-refractivity contribution in [1.82, 2.24) is 5.32 Å². The number of nitrogens with one attached hydrogen (secondary N) is 1. The molecule has 0 atom stereocenters. The largest absolute Gasteiger partial charge is 0.493 e. The fraction of sp³-hybridized carbons (Fsp3) is 0.368. The van der Waals surface area contributed by atoms with Gasteiger partial charge in [-0.25, -0.2) is 0 Å². The van der Waals surface area contributed by atoms with Crippen LogP contribution in [-0.4, -0.2) is 38.6 Å². The van der Waals surface area contributed by atoms with E-state index < -0.39 is 0 Å². The predicted molar refractivity (Wildman–Crippen MR) is 111 cm³/mol. The Morgan fingerprint density at radius 3 is 2.44 bits per heavy atom. The van der Waals surface area contributed by atoms with Crippen LogP contribution in [-0.2, 0) is 17.9 Å². The van der Waals surface area contributed by atoms with Crippen molar-refractivity contribution in [2.24, 2.45) is 0 Å². The summed E-state index contributed by atoms with van der Waals surface area (Å²) >= 11 is 12.3. The average molecular weight is 437 g/mol. The number of hydrogen-bond acceptors (Lipinski definition) is 5. The number of methoxy groups -OCH3 is 1. The molecule has 0 aromatic heterocycles. The molecule has 0 aliphatic carbocycles. The van der Waals surface area contributed by atoms with Crippen molar-refractivity contribution in [3.05, 3.63) is 57.6 Å². The van der Waals surface area contributed by atoms with Crippen molar-refractivity contribution in [3.8, 4) is 11.5 Å². The average Bonchev–Trinajstić information content (AvgIpc) is 2.64. The zero-order valence-corrected chi connectivity index (χ0v) is 17.4. The summed E-state index contributed by atoms with van der Waals surface area (Å²) in [6.07, 6.45) is 0. The number of aliphatic hydroxyl groups is 1. The summed E-state index contributed by atoms with van der Waals surface area (Å²) in [5.41, 5.74) is 1.97. The lowest BCUT2D eigenvalue weighted by atomic mass is 10.2.